The maximum absolute atomic E-state index is 5.41. The molecule has 0 radical (unpaired) electrons. The maximum atomic E-state index is 5.41. The molecule has 1 aromatic heterocycles. The summed E-state index contributed by atoms with van der Waals surface area (Å²) in [6.07, 6.45) is 6.81. The van der Waals surface area contributed by atoms with E-state index >= 15 is 0 Å². The number of aromatic nitrogens is 1. The number of ether oxygens (including phenoxy) is 2. The van der Waals surface area contributed by atoms with Crippen LogP contribution < -0.4 is 14.8 Å². The summed E-state index contributed by atoms with van der Waals surface area (Å²) in [5, 5.41) is 3.60. The van der Waals surface area contributed by atoms with Crippen molar-refractivity contribution in [2.45, 2.75) is 52.1 Å². The summed E-state index contributed by atoms with van der Waals surface area (Å²) in [6, 6.07) is 2.41. The standard InChI is InChI=1S/C16H26N2O2/c1-16(2)8-5-12(6-9-16)18-11-13-15(20-4)14(19-3)7-10-17-13/h7,10,12,18H,5-6,8-9,11H2,1-4H3. The van der Waals surface area contributed by atoms with Crippen molar-refractivity contribution in [2.24, 2.45) is 5.41 Å². The van der Waals surface area contributed by atoms with Crippen LogP contribution in [0.2, 0.25) is 0 Å². The van der Waals surface area contributed by atoms with Crippen LogP contribution in [0.4, 0.5) is 0 Å². The van der Waals surface area contributed by atoms with Gasteiger partial charge in [0.05, 0.1) is 19.9 Å². The van der Waals surface area contributed by atoms with E-state index < -0.39 is 0 Å². The third-order valence-electron chi connectivity index (χ3n) is 4.26. The van der Waals surface area contributed by atoms with Crippen molar-refractivity contribution in [3.63, 3.8) is 0 Å². The first kappa shape index (κ1) is 15.1. The van der Waals surface area contributed by atoms with E-state index in [9.17, 15) is 0 Å². The molecule has 4 heteroatoms. The van der Waals surface area contributed by atoms with E-state index in [2.05, 4.69) is 24.1 Å². The van der Waals surface area contributed by atoms with Gasteiger partial charge in [0.1, 0.15) is 0 Å². The molecule has 1 aromatic rings. The van der Waals surface area contributed by atoms with Gasteiger partial charge in [0.2, 0.25) is 0 Å². The average molecular weight is 278 g/mol. The molecular weight excluding hydrogens is 252 g/mol. The van der Waals surface area contributed by atoms with Gasteiger partial charge < -0.3 is 14.8 Å². The minimum absolute atomic E-state index is 0.504. The van der Waals surface area contributed by atoms with Crippen LogP contribution in [0.1, 0.15) is 45.2 Å². The molecule has 4 nitrogen and oxygen atoms in total. The Morgan fingerprint density at radius 3 is 2.55 bits per heavy atom. The second-order valence-corrected chi connectivity index (χ2v) is 6.31. The van der Waals surface area contributed by atoms with Crippen molar-refractivity contribution >= 4 is 0 Å². The first-order chi connectivity index (χ1) is 9.55. The summed E-state index contributed by atoms with van der Waals surface area (Å²) in [5.41, 5.74) is 1.42. The molecule has 0 spiro atoms. The van der Waals surface area contributed by atoms with E-state index in [-0.39, 0.29) is 0 Å². The molecule has 112 valence electrons. The third-order valence-corrected chi connectivity index (χ3v) is 4.26. The molecule has 0 bridgehead atoms. The van der Waals surface area contributed by atoms with E-state index in [1.165, 1.54) is 25.7 Å². The summed E-state index contributed by atoms with van der Waals surface area (Å²) in [7, 11) is 3.31. The molecule has 0 aliphatic heterocycles. The van der Waals surface area contributed by atoms with Crippen LogP contribution in [0, 0.1) is 5.41 Å². The zero-order valence-electron chi connectivity index (χ0n) is 13.0. The maximum Gasteiger partial charge on any atom is 0.183 e. The molecule has 0 atom stereocenters. The summed E-state index contributed by atoms with van der Waals surface area (Å²) in [6.45, 7) is 5.44. The number of hydrogen-bond acceptors (Lipinski definition) is 4. The average Bonchev–Trinajstić information content (AvgIpc) is 2.45. The lowest BCUT2D eigenvalue weighted by Crippen LogP contribution is -2.35. The molecule has 1 saturated carbocycles. The Labute approximate surface area is 121 Å². The lowest BCUT2D eigenvalue weighted by Gasteiger charge is -2.34. The Bertz CT molecular complexity index is 436. The molecule has 0 amide bonds. The highest BCUT2D eigenvalue weighted by atomic mass is 16.5. The number of nitrogens with zero attached hydrogens (tertiary/aromatic N) is 1. The number of nitrogens with one attached hydrogen (secondary N) is 1. The summed E-state index contributed by atoms with van der Waals surface area (Å²) in [5.74, 6) is 1.47. The van der Waals surface area contributed by atoms with Crippen LogP contribution in [-0.2, 0) is 6.54 Å². The Morgan fingerprint density at radius 1 is 1.25 bits per heavy atom. The van der Waals surface area contributed by atoms with Gasteiger partial charge >= 0.3 is 0 Å². The van der Waals surface area contributed by atoms with Gasteiger partial charge in [0.15, 0.2) is 11.5 Å². The second-order valence-electron chi connectivity index (χ2n) is 6.31. The highest BCUT2D eigenvalue weighted by Crippen LogP contribution is 2.35. The van der Waals surface area contributed by atoms with Crippen molar-refractivity contribution in [3.8, 4) is 11.5 Å². The van der Waals surface area contributed by atoms with E-state index in [4.69, 9.17) is 9.47 Å². The van der Waals surface area contributed by atoms with Crippen LogP contribution in [0.25, 0.3) is 0 Å². The van der Waals surface area contributed by atoms with Crippen LogP contribution in [0.3, 0.4) is 0 Å². The molecule has 1 fully saturated rings. The predicted molar refractivity (Wildman–Crippen MR) is 80.2 cm³/mol. The van der Waals surface area contributed by atoms with Crippen molar-refractivity contribution in [1.29, 1.82) is 0 Å². The Hall–Kier alpha value is -1.29. The predicted octanol–water partition coefficient (Wildman–Crippen LogP) is 3.16. The second kappa shape index (κ2) is 6.44. The van der Waals surface area contributed by atoms with E-state index in [0.717, 1.165) is 23.7 Å². The first-order valence-corrected chi connectivity index (χ1v) is 7.35. The highest BCUT2D eigenvalue weighted by molar-refractivity contribution is 5.42. The van der Waals surface area contributed by atoms with Crippen LogP contribution in [0.5, 0.6) is 11.5 Å². The molecule has 0 aromatic carbocycles. The molecule has 1 aliphatic rings. The van der Waals surface area contributed by atoms with Gasteiger partial charge in [0.25, 0.3) is 0 Å². The Kier molecular flexibility index (Phi) is 4.86. The zero-order valence-corrected chi connectivity index (χ0v) is 13.0. The summed E-state index contributed by atoms with van der Waals surface area (Å²) in [4.78, 5) is 4.40. The minimum Gasteiger partial charge on any atom is -0.493 e. The largest absolute Gasteiger partial charge is 0.493 e. The molecule has 1 N–H and O–H groups in total. The quantitative estimate of drug-likeness (QED) is 0.898. The summed E-state index contributed by atoms with van der Waals surface area (Å²) >= 11 is 0. The Morgan fingerprint density at radius 2 is 1.95 bits per heavy atom. The van der Waals surface area contributed by atoms with Gasteiger partial charge in [-0.1, -0.05) is 13.8 Å². The lowest BCUT2D eigenvalue weighted by molar-refractivity contribution is 0.205. The number of methoxy groups -OCH3 is 2. The van der Waals surface area contributed by atoms with Crippen LogP contribution in [0.15, 0.2) is 12.3 Å². The van der Waals surface area contributed by atoms with Crippen LogP contribution in [-0.4, -0.2) is 25.2 Å². The van der Waals surface area contributed by atoms with Gasteiger partial charge in [0, 0.05) is 24.8 Å². The van der Waals surface area contributed by atoms with Crippen LogP contribution >= 0.6 is 0 Å². The highest BCUT2D eigenvalue weighted by Gasteiger charge is 2.26. The fraction of sp³-hybridized carbons (Fsp3) is 0.688. The summed E-state index contributed by atoms with van der Waals surface area (Å²) < 4.78 is 10.7. The normalized spacial score (nSPS) is 18.8. The van der Waals surface area contributed by atoms with Crippen molar-refractivity contribution in [2.75, 3.05) is 14.2 Å². The fourth-order valence-electron chi connectivity index (χ4n) is 2.82. The monoisotopic (exact) mass is 278 g/mol. The first-order valence-electron chi connectivity index (χ1n) is 7.35. The van der Waals surface area contributed by atoms with Gasteiger partial charge in [-0.25, -0.2) is 0 Å². The number of hydrogen-bond donors (Lipinski definition) is 1. The molecular formula is C16H26N2O2. The van der Waals surface area contributed by atoms with Gasteiger partial charge in [-0.05, 0) is 31.1 Å². The molecule has 0 saturated heterocycles. The molecule has 1 heterocycles. The zero-order chi connectivity index (χ0) is 14.6. The van der Waals surface area contributed by atoms with Gasteiger partial charge in [-0.2, -0.15) is 0 Å². The van der Waals surface area contributed by atoms with E-state index in [0.29, 0.717) is 11.5 Å². The molecule has 2 rings (SSSR count). The minimum atomic E-state index is 0.504. The van der Waals surface area contributed by atoms with Crippen molar-refractivity contribution < 1.29 is 9.47 Å². The topological polar surface area (TPSA) is 43.4 Å². The fourth-order valence-corrected chi connectivity index (χ4v) is 2.82. The van der Waals surface area contributed by atoms with Gasteiger partial charge in [-0.15, -0.1) is 0 Å². The van der Waals surface area contributed by atoms with E-state index in [1.54, 1.807) is 20.4 Å². The molecule has 0 unspecified atom stereocenters. The van der Waals surface area contributed by atoms with Gasteiger partial charge in [-0.3, -0.25) is 4.98 Å². The Balaban J connectivity index is 1.94. The molecule has 20 heavy (non-hydrogen) atoms. The van der Waals surface area contributed by atoms with E-state index in [1.807, 2.05) is 6.07 Å². The smallest absolute Gasteiger partial charge is 0.183 e. The lowest BCUT2D eigenvalue weighted by atomic mass is 9.75. The van der Waals surface area contributed by atoms with Crippen molar-refractivity contribution in [1.82, 2.24) is 10.3 Å². The number of pyridine rings is 1. The molecule has 1 aliphatic carbocycles. The number of rotatable bonds is 5. The SMILES string of the molecule is COc1ccnc(CNC2CCC(C)(C)CC2)c1OC. The third kappa shape index (κ3) is 3.63. The van der Waals surface area contributed by atoms with Crippen molar-refractivity contribution in [3.05, 3.63) is 18.0 Å².